The molecule has 0 saturated heterocycles. The zero-order valence-corrected chi connectivity index (χ0v) is 14.3. The quantitative estimate of drug-likeness (QED) is 0.452. The summed E-state index contributed by atoms with van der Waals surface area (Å²) in [6.07, 6.45) is 0. The number of thioether (sulfide) groups is 1. The Morgan fingerprint density at radius 2 is 1.71 bits per heavy atom. The number of imidazole rings is 1. The fourth-order valence-corrected chi connectivity index (χ4v) is 4.35. The summed E-state index contributed by atoms with van der Waals surface area (Å²) in [6, 6.07) is 23.0. The predicted octanol–water partition coefficient (Wildman–Crippen LogP) is 4.99. The SMILES string of the molecule is S=C1SCc2nc3ccccc3n2N1c1cccc2ccccc12. The normalized spacial score (nSPS) is 14.3. The number of anilines is 1. The van der Waals surface area contributed by atoms with Crippen molar-refractivity contribution < 1.29 is 0 Å². The Morgan fingerprint density at radius 1 is 0.917 bits per heavy atom. The molecular formula is C19H13N3S2. The third kappa shape index (κ3) is 1.98. The van der Waals surface area contributed by atoms with Crippen molar-refractivity contribution >= 4 is 55.8 Å². The summed E-state index contributed by atoms with van der Waals surface area (Å²) in [5.74, 6) is 1.83. The van der Waals surface area contributed by atoms with Gasteiger partial charge in [0.05, 0.1) is 22.5 Å². The van der Waals surface area contributed by atoms with Gasteiger partial charge in [-0.2, -0.15) is 0 Å². The smallest absolute Gasteiger partial charge is 0.160 e. The lowest BCUT2D eigenvalue weighted by Crippen LogP contribution is -2.37. The molecule has 4 aromatic rings. The molecule has 2 heterocycles. The summed E-state index contributed by atoms with van der Waals surface area (Å²) in [6.45, 7) is 0. The van der Waals surface area contributed by atoms with Crippen LogP contribution in [0.2, 0.25) is 0 Å². The highest BCUT2D eigenvalue weighted by molar-refractivity contribution is 8.22. The van der Waals surface area contributed by atoms with E-state index in [2.05, 4.69) is 64.3 Å². The van der Waals surface area contributed by atoms with Crippen molar-refractivity contribution in [2.24, 2.45) is 0 Å². The van der Waals surface area contributed by atoms with E-state index in [0.717, 1.165) is 32.6 Å². The van der Waals surface area contributed by atoms with Gasteiger partial charge in [0.25, 0.3) is 0 Å². The first-order valence-corrected chi connectivity index (χ1v) is 9.13. The molecule has 0 bridgehead atoms. The highest BCUT2D eigenvalue weighted by atomic mass is 32.2. The van der Waals surface area contributed by atoms with E-state index in [1.165, 1.54) is 10.8 Å². The fraction of sp³-hybridized carbons (Fsp3) is 0.0526. The van der Waals surface area contributed by atoms with Gasteiger partial charge in [0.1, 0.15) is 5.82 Å². The summed E-state index contributed by atoms with van der Waals surface area (Å²) < 4.78 is 3.01. The number of fused-ring (bicyclic) bond motifs is 4. The second-order valence-electron chi connectivity index (χ2n) is 5.69. The lowest BCUT2D eigenvalue weighted by atomic mass is 10.1. The van der Waals surface area contributed by atoms with Crippen LogP contribution < -0.4 is 5.01 Å². The number of hydrogen-bond donors (Lipinski definition) is 0. The standard InChI is InChI=1S/C19H13N3S2/c23-19-22(16-11-5-7-13-6-1-2-8-14(13)16)21-17-10-4-3-9-15(17)20-18(21)12-24-19/h1-11H,12H2. The maximum Gasteiger partial charge on any atom is 0.160 e. The number of hydrogen-bond acceptors (Lipinski definition) is 3. The molecule has 24 heavy (non-hydrogen) atoms. The highest BCUT2D eigenvalue weighted by Gasteiger charge is 2.27. The Hall–Kier alpha value is -2.37. The molecule has 1 aliphatic heterocycles. The summed E-state index contributed by atoms with van der Waals surface area (Å²) in [5.41, 5.74) is 3.18. The van der Waals surface area contributed by atoms with Gasteiger partial charge < -0.3 is 0 Å². The minimum Gasteiger partial charge on any atom is -0.230 e. The van der Waals surface area contributed by atoms with Crippen LogP contribution in [-0.2, 0) is 5.75 Å². The largest absolute Gasteiger partial charge is 0.230 e. The monoisotopic (exact) mass is 347 g/mol. The Balaban J connectivity index is 1.84. The Bertz CT molecular complexity index is 1090. The maximum absolute atomic E-state index is 5.72. The fourth-order valence-electron chi connectivity index (χ4n) is 3.25. The molecule has 0 saturated carbocycles. The number of benzene rings is 3. The number of para-hydroxylation sites is 2. The van der Waals surface area contributed by atoms with E-state index in [9.17, 15) is 0 Å². The molecule has 3 aromatic carbocycles. The van der Waals surface area contributed by atoms with Crippen LogP contribution in [0.15, 0.2) is 66.7 Å². The van der Waals surface area contributed by atoms with Crippen molar-refractivity contribution in [3.8, 4) is 0 Å². The second-order valence-corrected chi connectivity index (χ2v) is 7.30. The summed E-state index contributed by atoms with van der Waals surface area (Å²) in [4.78, 5) is 4.78. The molecule has 0 fully saturated rings. The van der Waals surface area contributed by atoms with E-state index in [-0.39, 0.29) is 0 Å². The van der Waals surface area contributed by atoms with Gasteiger partial charge >= 0.3 is 0 Å². The first-order chi connectivity index (χ1) is 11.8. The van der Waals surface area contributed by atoms with Crippen molar-refractivity contribution in [3.05, 3.63) is 72.6 Å². The van der Waals surface area contributed by atoms with Crippen molar-refractivity contribution in [3.63, 3.8) is 0 Å². The van der Waals surface area contributed by atoms with Crippen LogP contribution in [0, 0.1) is 0 Å². The maximum atomic E-state index is 5.72. The van der Waals surface area contributed by atoms with Crippen LogP contribution in [0.5, 0.6) is 0 Å². The lowest BCUT2D eigenvalue weighted by Gasteiger charge is -2.32. The predicted molar refractivity (Wildman–Crippen MR) is 105 cm³/mol. The Morgan fingerprint density at radius 3 is 2.67 bits per heavy atom. The van der Waals surface area contributed by atoms with Gasteiger partial charge in [0, 0.05) is 5.39 Å². The van der Waals surface area contributed by atoms with Crippen LogP contribution >= 0.6 is 24.0 Å². The first-order valence-electron chi connectivity index (χ1n) is 7.74. The molecular weight excluding hydrogens is 334 g/mol. The number of aromatic nitrogens is 2. The van der Waals surface area contributed by atoms with Crippen LogP contribution in [0.25, 0.3) is 21.8 Å². The molecule has 0 radical (unpaired) electrons. The minimum absolute atomic E-state index is 0.800. The van der Waals surface area contributed by atoms with Gasteiger partial charge in [-0.25, -0.2) is 14.7 Å². The van der Waals surface area contributed by atoms with Gasteiger partial charge in [-0.1, -0.05) is 72.5 Å². The second kappa shape index (κ2) is 5.33. The van der Waals surface area contributed by atoms with Crippen LogP contribution in [0.3, 0.4) is 0 Å². The van der Waals surface area contributed by atoms with E-state index < -0.39 is 0 Å². The van der Waals surface area contributed by atoms with Gasteiger partial charge in [-0.15, -0.1) is 0 Å². The summed E-state index contributed by atoms with van der Waals surface area (Å²) in [5, 5.41) is 4.52. The zero-order valence-electron chi connectivity index (χ0n) is 12.7. The van der Waals surface area contributed by atoms with Crippen LogP contribution in [-0.4, -0.2) is 14.0 Å². The highest BCUT2D eigenvalue weighted by Crippen LogP contribution is 2.35. The zero-order chi connectivity index (χ0) is 16.1. The molecule has 0 atom stereocenters. The van der Waals surface area contributed by atoms with Gasteiger partial charge in [-0.3, -0.25) is 0 Å². The van der Waals surface area contributed by atoms with E-state index in [1.807, 2.05) is 12.1 Å². The van der Waals surface area contributed by atoms with Gasteiger partial charge in [0.2, 0.25) is 0 Å². The van der Waals surface area contributed by atoms with E-state index in [0.29, 0.717) is 0 Å². The number of thiocarbonyl (C=S) groups is 1. The molecule has 0 N–H and O–H groups in total. The van der Waals surface area contributed by atoms with Gasteiger partial charge in [0.15, 0.2) is 4.32 Å². The number of nitrogens with zero attached hydrogens (tertiary/aromatic N) is 3. The molecule has 1 aromatic heterocycles. The molecule has 0 spiro atoms. The lowest BCUT2D eigenvalue weighted by molar-refractivity contribution is 0.821. The molecule has 3 nitrogen and oxygen atoms in total. The third-order valence-electron chi connectivity index (χ3n) is 4.30. The third-order valence-corrected chi connectivity index (χ3v) is 5.65. The first kappa shape index (κ1) is 14.0. The molecule has 116 valence electrons. The van der Waals surface area contributed by atoms with E-state index in [4.69, 9.17) is 17.2 Å². The topological polar surface area (TPSA) is 21.1 Å². The Labute approximate surface area is 148 Å². The van der Waals surface area contributed by atoms with Crippen LogP contribution in [0.1, 0.15) is 5.82 Å². The van der Waals surface area contributed by atoms with Gasteiger partial charge in [-0.05, 0) is 23.6 Å². The molecule has 1 aliphatic rings. The molecule has 0 amide bonds. The molecule has 0 unspecified atom stereocenters. The van der Waals surface area contributed by atoms with E-state index in [1.54, 1.807) is 11.8 Å². The molecule has 5 rings (SSSR count). The van der Waals surface area contributed by atoms with Crippen molar-refractivity contribution in [1.29, 1.82) is 0 Å². The number of rotatable bonds is 1. The summed E-state index contributed by atoms with van der Waals surface area (Å²) in [7, 11) is 0. The van der Waals surface area contributed by atoms with Crippen molar-refractivity contribution in [2.45, 2.75) is 5.75 Å². The summed E-state index contributed by atoms with van der Waals surface area (Å²) >= 11 is 7.38. The minimum atomic E-state index is 0.800. The average Bonchev–Trinajstić information content (AvgIpc) is 3.00. The molecule has 5 heteroatoms. The van der Waals surface area contributed by atoms with Crippen LogP contribution in [0.4, 0.5) is 5.69 Å². The van der Waals surface area contributed by atoms with Crippen molar-refractivity contribution in [1.82, 2.24) is 9.66 Å². The Kier molecular flexibility index (Phi) is 3.11. The van der Waals surface area contributed by atoms with E-state index >= 15 is 0 Å². The molecule has 0 aliphatic carbocycles. The average molecular weight is 347 g/mol. The van der Waals surface area contributed by atoms with Crippen molar-refractivity contribution in [2.75, 3.05) is 5.01 Å².